The standard InChI is InChI=1S/C13H9FN2/c14-12-7-6-10-8-11(15-13(10)16-12)9-4-2-1-3-5-9/h1-8H,(H,15,16). The van der Waals surface area contributed by atoms with E-state index in [4.69, 9.17) is 0 Å². The molecule has 0 aliphatic carbocycles. The summed E-state index contributed by atoms with van der Waals surface area (Å²) in [6.45, 7) is 0. The van der Waals surface area contributed by atoms with Crippen molar-refractivity contribution in [1.29, 1.82) is 0 Å². The minimum absolute atomic E-state index is 0.464. The van der Waals surface area contributed by atoms with E-state index < -0.39 is 5.95 Å². The maximum absolute atomic E-state index is 12.9. The third kappa shape index (κ3) is 1.46. The summed E-state index contributed by atoms with van der Waals surface area (Å²) >= 11 is 0. The number of hydrogen-bond acceptors (Lipinski definition) is 1. The second kappa shape index (κ2) is 3.45. The van der Waals surface area contributed by atoms with Gasteiger partial charge in [-0.2, -0.15) is 4.39 Å². The largest absolute Gasteiger partial charge is 0.339 e. The number of halogens is 1. The number of benzene rings is 1. The Kier molecular flexibility index (Phi) is 1.96. The van der Waals surface area contributed by atoms with Crippen LogP contribution in [0.2, 0.25) is 0 Å². The average Bonchev–Trinajstić information content (AvgIpc) is 2.73. The molecule has 0 saturated heterocycles. The number of H-pyrrole nitrogens is 1. The van der Waals surface area contributed by atoms with Gasteiger partial charge in [-0.15, -0.1) is 0 Å². The molecule has 78 valence electrons. The normalized spacial score (nSPS) is 10.8. The number of pyridine rings is 1. The van der Waals surface area contributed by atoms with Crippen molar-refractivity contribution >= 4 is 11.0 Å². The molecule has 3 rings (SSSR count). The SMILES string of the molecule is Fc1ccc2cc(-c3ccccc3)[nH]c2n1. The van der Waals surface area contributed by atoms with Gasteiger partial charge in [-0.25, -0.2) is 4.98 Å². The third-order valence-electron chi connectivity index (χ3n) is 2.53. The molecule has 1 N–H and O–H groups in total. The van der Waals surface area contributed by atoms with Crippen LogP contribution in [0.25, 0.3) is 22.3 Å². The van der Waals surface area contributed by atoms with Crippen LogP contribution in [-0.2, 0) is 0 Å². The van der Waals surface area contributed by atoms with Crippen LogP contribution in [0.5, 0.6) is 0 Å². The van der Waals surface area contributed by atoms with E-state index in [-0.39, 0.29) is 0 Å². The van der Waals surface area contributed by atoms with Crippen molar-refractivity contribution in [2.75, 3.05) is 0 Å². The summed E-state index contributed by atoms with van der Waals surface area (Å²) < 4.78 is 12.9. The molecular formula is C13H9FN2. The summed E-state index contributed by atoms with van der Waals surface area (Å²) in [5.74, 6) is -0.464. The lowest BCUT2D eigenvalue weighted by Crippen LogP contribution is -1.81. The highest BCUT2D eigenvalue weighted by atomic mass is 19.1. The van der Waals surface area contributed by atoms with Gasteiger partial charge in [0.25, 0.3) is 0 Å². The molecule has 0 aliphatic heterocycles. The number of fused-ring (bicyclic) bond motifs is 1. The zero-order chi connectivity index (χ0) is 11.0. The van der Waals surface area contributed by atoms with Crippen LogP contribution < -0.4 is 0 Å². The van der Waals surface area contributed by atoms with Gasteiger partial charge in [-0.1, -0.05) is 30.3 Å². The van der Waals surface area contributed by atoms with Crippen molar-refractivity contribution in [2.45, 2.75) is 0 Å². The molecule has 0 atom stereocenters. The minimum Gasteiger partial charge on any atom is -0.339 e. The average molecular weight is 212 g/mol. The van der Waals surface area contributed by atoms with Gasteiger partial charge < -0.3 is 4.98 Å². The Morgan fingerprint density at radius 1 is 1.00 bits per heavy atom. The fourth-order valence-electron chi connectivity index (χ4n) is 1.76. The highest BCUT2D eigenvalue weighted by Gasteiger charge is 2.04. The van der Waals surface area contributed by atoms with Crippen molar-refractivity contribution in [3.8, 4) is 11.3 Å². The summed E-state index contributed by atoms with van der Waals surface area (Å²) in [6, 6.07) is 15.0. The van der Waals surface area contributed by atoms with Crippen LogP contribution in [-0.4, -0.2) is 9.97 Å². The summed E-state index contributed by atoms with van der Waals surface area (Å²) in [6.07, 6.45) is 0. The molecule has 2 nitrogen and oxygen atoms in total. The van der Waals surface area contributed by atoms with Gasteiger partial charge in [0.1, 0.15) is 5.65 Å². The smallest absolute Gasteiger partial charge is 0.214 e. The van der Waals surface area contributed by atoms with Gasteiger partial charge in [0, 0.05) is 11.1 Å². The highest BCUT2D eigenvalue weighted by Crippen LogP contribution is 2.22. The number of nitrogens with zero attached hydrogens (tertiary/aromatic N) is 1. The van der Waals surface area contributed by atoms with E-state index in [1.54, 1.807) is 6.07 Å². The number of aromatic amines is 1. The molecule has 0 unspecified atom stereocenters. The lowest BCUT2D eigenvalue weighted by atomic mass is 10.1. The van der Waals surface area contributed by atoms with E-state index in [1.807, 2.05) is 36.4 Å². The van der Waals surface area contributed by atoms with Gasteiger partial charge in [0.05, 0.1) is 0 Å². The fourth-order valence-corrected chi connectivity index (χ4v) is 1.76. The Morgan fingerprint density at radius 2 is 1.81 bits per heavy atom. The monoisotopic (exact) mass is 212 g/mol. The quantitative estimate of drug-likeness (QED) is 0.615. The van der Waals surface area contributed by atoms with E-state index in [9.17, 15) is 4.39 Å². The first kappa shape index (κ1) is 9.09. The zero-order valence-electron chi connectivity index (χ0n) is 8.44. The maximum Gasteiger partial charge on any atom is 0.214 e. The van der Waals surface area contributed by atoms with E-state index in [2.05, 4.69) is 9.97 Å². The maximum atomic E-state index is 12.9. The van der Waals surface area contributed by atoms with Gasteiger partial charge >= 0.3 is 0 Å². The first-order valence-corrected chi connectivity index (χ1v) is 5.03. The topological polar surface area (TPSA) is 28.7 Å². The van der Waals surface area contributed by atoms with Crippen LogP contribution in [0, 0.1) is 5.95 Å². The van der Waals surface area contributed by atoms with Gasteiger partial charge in [-0.05, 0) is 23.8 Å². The van der Waals surface area contributed by atoms with Crippen LogP contribution in [0.4, 0.5) is 4.39 Å². The lowest BCUT2D eigenvalue weighted by Gasteiger charge is -1.94. The molecular weight excluding hydrogens is 203 g/mol. The van der Waals surface area contributed by atoms with E-state index in [1.165, 1.54) is 6.07 Å². The minimum atomic E-state index is -0.464. The molecule has 0 spiro atoms. The van der Waals surface area contributed by atoms with E-state index in [0.717, 1.165) is 16.6 Å². The molecule has 3 heteroatoms. The van der Waals surface area contributed by atoms with E-state index in [0.29, 0.717) is 5.65 Å². The second-order valence-electron chi connectivity index (χ2n) is 3.62. The highest BCUT2D eigenvalue weighted by molar-refractivity contribution is 5.82. The van der Waals surface area contributed by atoms with Gasteiger partial charge in [0.15, 0.2) is 0 Å². The molecule has 2 aromatic heterocycles. The van der Waals surface area contributed by atoms with Crippen LogP contribution >= 0.6 is 0 Å². The van der Waals surface area contributed by atoms with Gasteiger partial charge in [0.2, 0.25) is 5.95 Å². The summed E-state index contributed by atoms with van der Waals surface area (Å²) in [5, 5.41) is 0.917. The number of hydrogen-bond donors (Lipinski definition) is 1. The third-order valence-corrected chi connectivity index (χ3v) is 2.53. The Labute approximate surface area is 91.8 Å². The summed E-state index contributed by atoms with van der Waals surface area (Å²) in [5.41, 5.74) is 2.61. The van der Waals surface area contributed by atoms with Crippen LogP contribution in [0.15, 0.2) is 48.5 Å². The molecule has 2 heterocycles. The Morgan fingerprint density at radius 3 is 2.62 bits per heavy atom. The predicted molar refractivity (Wildman–Crippen MR) is 61.5 cm³/mol. The fraction of sp³-hybridized carbons (Fsp3) is 0. The first-order valence-electron chi connectivity index (χ1n) is 5.03. The van der Waals surface area contributed by atoms with Crippen LogP contribution in [0.3, 0.4) is 0 Å². The van der Waals surface area contributed by atoms with Crippen molar-refractivity contribution in [1.82, 2.24) is 9.97 Å². The molecule has 3 aromatic rings. The van der Waals surface area contributed by atoms with Crippen molar-refractivity contribution < 1.29 is 4.39 Å². The second-order valence-corrected chi connectivity index (χ2v) is 3.62. The zero-order valence-corrected chi connectivity index (χ0v) is 8.44. The first-order chi connectivity index (χ1) is 7.83. The molecule has 16 heavy (non-hydrogen) atoms. The molecule has 1 aromatic carbocycles. The van der Waals surface area contributed by atoms with Gasteiger partial charge in [-0.3, -0.25) is 0 Å². The lowest BCUT2D eigenvalue weighted by molar-refractivity contribution is 0.588. The molecule has 0 aliphatic rings. The number of nitrogens with one attached hydrogen (secondary N) is 1. The Bertz CT molecular complexity index is 629. The van der Waals surface area contributed by atoms with Crippen molar-refractivity contribution in [3.63, 3.8) is 0 Å². The Hall–Kier alpha value is -2.16. The number of aromatic nitrogens is 2. The van der Waals surface area contributed by atoms with E-state index >= 15 is 0 Å². The molecule has 0 saturated carbocycles. The molecule has 0 radical (unpaired) electrons. The summed E-state index contributed by atoms with van der Waals surface area (Å²) in [7, 11) is 0. The van der Waals surface area contributed by atoms with Crippen molar-refractivity contribution in [3.05, 3.63) is 54.5 Å². The predicted octanol–water partition coefficient (Wildman–Crippen LogP) is 3.37. The molecule has 0 amide bonds. The molecule has 0 bridgehead atoms. The Balaban J connectivity index is 2.19. The van der Waals surface area contributed by atoms with Crippen molar-refractivity contribution in [2.24, 2.45) is 0 Å². The molecule has 0 fully saturated rings. The number of rotatable bonds is 1. The summed E-state index contributed by atoms with van der Waals surface area (Å²) in [4.78, 5) is 6.90. The van der Waals surface area contributed by atoms with Crippen LogP contribution in [0.1, 0.15) is 0 Å².